The summed E-state index contributed by atoms with van der Waals surface area (Å²) in [5, 5.41) is 12.9. The number of carbonyl (C=O) groups is 1. The van der Waals surface area contributed by atoms with Gasteiger partial charge in [-0.3, -0.25) is 4.68 Å². The Morgan fingerprint density at radius 3 is 2.50 bits per heavy atom. The summed E-state index contributed by atoms with van der Waals surface area (Å²) in [5.74, 6) is -0.230. The Morgan fingerprint density at radius 2 is 1.95 bits per heavy atom. The number of rotatable bonds is 3. The SMILES string of the molecule is Cn1nc(C(=O)O)cc1-c1ccc(-c2ncc[nH]2)cc1. The zero-order chi connectivity index (χ0) is 14.1. The highest BCUT2D eigenvalue weighted by Gasteiger charge is 2.12. The van der Waals surface area contributed by atoms with Crippen molar-refractivity contribution in [3.8, 4) is 22.6 Å². The van der Waals surface area contributed by atoms with Crippen molar-refractivity contribution in [3.63, 3.8) is 0 Å². The molecule has 0 amide bonds. The van der Waals surface area contributed by atoms with Crippen molar-refractivity contribution in [2.45, 2.75) is 0 Å². The van der Waals surface area contributed by atoms with Gasteiger partial charge in [-0.05, 0) is 11.6 Å². The molecule has 0 unspecified atom stereocenters. The zero-order valence-electron chi connectivity index (χ0n) is 10.7. The van der Waals surface area contributed by atoms with E-state index < -0.39 is 5.97 Å². The van der Waals surface area contributed by atoms with Crippen LogP contribution in [0, 0.1) is 0 Å². The van der Waals surface area contributed by atoms with Crippen molar-refractivity contribution in [1.82, 2.24) is 19.7 Å². The first-order valence-corrected chi connectivity index (χ1v) is 6.02. The second kappa shape index (κ2) is 4.65. The molecular formula is C14H12N4O2. The molecule has 2 heterocycles. The lowest BCUT2D eigenvalue weighted by Gasteiger charge is -2.03. The number of aryl methyl sites for hydroxylation is 1. The number of hydrogen-bond donors (Lipinski definition) is 2. The van der Waals surface area contributed by atoms with Crippen LogP contribution in [0.3, 0.4) is 0 Å². The maximum absolute atomic E-state index is 10.9. The average Bonchev–Trinajstić information content (AvgIpc) is 3.08. The molecule has 20 heavy (non-hydrogen) atoms. The maximum Gasteiger partial charge on any atom is 0.356 e. The van der Waals surface area contributed by atoms with Crippen LogP contribution in [0.15, 0.2) is 42.7 Å². The van der Waals surface area contributed by atoms with E-state index in [1.807, 2.05) is 24.3 Å². The van der Waals surface area contributed by atoms with E-state index in [0.29, 0.717) is 0 Å². The van der Waals surface area contributed by atoms with Crippen molar-refractivity contribution < 1.29 is 9.90 Å². The lowest BCUT2D eigenvalue weighted by atomic mass is 10.1. The van der Waals surface area contributed by atoms with E-state index in [1.54, 1.807) is 30.2 Å². The largest absolute Gasteiger partial charge is 0.476 e. The normalized spacial score (nSPS) is 10.7. The van der Waals surface area contributed by atoms with Gasteiger partial charge in [0.25, 0.3) is 0 Å². The van der Waals surface area contributed by atoms with Crippen molar-refractivity contribution in [2.75, 3.05) is 0 Å². The summed E-state index contributed by atoms with van der Waals surface area (Å²) in [4.78, 5) is 18.1. The van der Waals surface area contributed by atoms with Crippen molar-refractivity contribution in [1.29, 1.82) is 0 Å². The van der Waals surface area contributed by atoms with E-state index in [2.05, 4.69) is 15.1 Å². The van der Waals surface area contributed by atoms with Crippen molar-refractivity contribution in [3.05, 3.63) is 48.4 Å². The first-order valence-electron chi connectivity index (χ1n) is 6.02. The highest BCUT2D eigenvalue weighted by atomic mass is 16.4. The molecule has 2 aromatic heterocycles. The molecule has 0 saturated carbocycles. The Kier molecular flexibility index (Phi) is 2.83. The molecule has 3 rings (SSSR count). The summed E-state index contributed by atoms with van der Waals surface area (Å²) in [6.45, 7) is 0. The minimum Gasteiger partial charge on any atom is -0.476 e. The van der Waals surface area contributed by atoms with Crippen LogP contribution in [0.25, 0.3) is 22.6 Å². The molecule has 1 aromatic carbocycles. The number of aromatic carboxylic acids is 1. The summed E-state index contributed by atoms with van der Waals surface area (Å²) in [6, 6.07) is 9.26. The lowest BCUT2D eigenvalue weighted by molar-refractivity contribution is 0.0689. The van der Waals surface area contributed by atoms with Gasteiger partial charge in [0, 0.05) is 25.0 Å². The van der Waals surface area contributed by atoms with Gasteiger partial charge in [-0.1, -0.05) is 24.3 Å². The monoisotopic (exact) mass is 268 g/mol. The van der Waals surface area contributed by atoms with E-state index in [1.165, 1.54) is 0 Å². The van der Waals surface area contributed by atoms with Gasteiger partial charge < -0.3 is 10.1 Å². The zero-order valence-corrected chi connectivity index (χ0v) is 10.7. The molecule has 0 aliphatic rings. The second-order valence-corrected chi connectivity index (χ2v) is 4.36. The molecule has 0 atom stereocenters. The number of nitrogens with one attached hydrogen (secondary N) is 1. The summed E-state index contributed by atoms with van der Waals surface area (Å²) in [6.07, 6.45) is 3.47. The number of nitrogens with zero attached hydrogens (tertiary/aromatic N) is 3. The van der Waals surface area contributed by atoms with Gasteiger partial charge in [0.05, 0.1) is 5.69 Å². The fourth-order valence-corrected chi connectivity index (χ4v) is 2.06. The summed E-state index contributed by atoms with van der Waals surface area (Å²) >= 11 is 0. The number of imidazole rings is 1. The lowest BCUT2D eigenvalue weighted by Crippen LogP contribution is -1.99. The molecule has 2 N–H and O–H groups in total. The minimum atomic E-state index is -1.03. The number of H-pyrrole nitrogens is 1. The van der Waals surface area contributed by atoms with Crippen molar-refractivity contribution in [2.24, 2.45) is 7.05 Å². The molecule has 0 radical (unpaired) electrons. The molecule has 0 spiro atoms. The topological polar surface area (TPSA) is 83.8 Å². The van der Waals surface area contributed by atoms with Gasteiger partial charge in [-0.15, -0.1) is 0 Å². The summed E-state index contributed by atoms with van der Waals surface area (Å²) < 4.78 is 1.56. The Hall–Kier alpha value is -2.89. The Labute approximate surface area is 114 Å². The van der Waals surface area contributed by atoms with Gasteiger partial charge >= 0.3 is 5.97 Å². The number of aromatic nitrogens is 4. The van der Waals surface area contributed by atoms with Crippen molar-refractivity contribution >= 4 is 5.97 Å². The highest BCUT2D eigenvalue weighted by Crippen LogP contribution is 2.23. The smallest absolute Gasteiger partial charge is 0.356 e. The van der Waals surface area contributed by atoms with E-state index >= 15 is 0 Å². The van der Waals surface area contributed by atoms with Crippen LogP contribution < -0.4 is 0 Å². The van der Waals surface area contributed by atoms with Gasteiger partial charge in [0.1, 0.15) is 5.82 Å². The number of hydrogen-bond acceptors (Lipinski definition) is 3. The molecule has 0 fully saturated rings. The molecule has 6 nitrogen and oxygen atoms in total. The van der Waals surface area contributed by atoms with Crippen LogP contribution in [0.2, 0.25) is 0 Å². The van der Waals surface area contributed by atoms with E-state index in [9.17, 15) is 4.79 Å². The number of aromatic amines is 1. The van der Waals surface area contributed by atoms with E-state index in [-0.39, 0.29) is 5.69 Å². The first kappa shape index (κ1) is 12.2. The summed E-state index contributed by atoms with van der Waals surface area (Å²) in [7, 11) is 1.72. The highest BCUT2D eigenvalue weighted by molar-refractivity contribution is 5.87. The number of carboxylic acid groups (broad SMARTS) is 1. The van der Waals surface area contributed by atoms with Crippen LogP contribution in [-0.4, -0.2) is 30.8 Å². The Balaban J connectivity index is 1.97. The third kappa shape index (κ3) is 2.07. The number of carboxylic acids is 1. The third-order valence-corrected chi connectivity index (χ3v) is 3.05. The van der Waals surface area contributed by atoms with Gasteiger partial charge in [0.15, 0.2) is 5.69 Å². The average molecular weight is 268 g/mol. The Morgan fingerprint density at radius 1 is 1.25 bits per heavy atom. The Bertz CT molecular complexity index is 742. The molecule has 6 heteroatoms. The third-order valence-electron chi connectivity index (χ3n) is 3.05. The minimum absolute atomic E-state index is 0.0395. The second-order valence-electron chi connectivity index (χ2n) is 4.36. The molecule has 100 valence electrons. The molecule has 0 aliphatic carbocycles. The fraction of sp³-hybridized carbons (Fsp3) is 0.0714. The predicted molar refractivity (Wildman–Crippen MR) is 73.2 cm³/mol. The van der Waals surface area contributed by atoms with E-state index in [4.69, 9.17) is 5.11 Å². The molecule has 0 saturated heterocycles. The standard InChI is InChI=1S/C14H12N4O2/c1-18-12(8-11(17-18)14(19)20)9-2-4-10(5-3-9)13-15-6-7-16-13/h2-8H,1H3,(H,15,16)(H,19,20). The van der Waals surface area contributed by atoms with Gasteiger partial charge in [-0.25, -0.2) is 9.78 Å². The molecular weight excluding hydrogens is 256 g/mol. The predicted octanol–water partition coefficient (Wildman–Crippen LogP) is 2.18. The number of benzene rings is 1. The summed E-state index contributed by atoms with van der Waals surface area (Å²) in [5.41, 5.74) is 2.67. The van der Waals surface area contributed by atoms with Crippen LogP contribution in [-0.2, 0) is 7.05 Å². The molecule has 0 aliphatic heterocycles. The first-order chi connectivity index (χ1) is 9.65. The van der Waals surface area contributed by atoms with E-state index in [0.717, 1.165) is 22.6 Å². The maximum atomic E-state index is 10.9. The van der Waals surface area contributed by atoms with Gasteiger partial charge in [0.2, 0.25) is 0 Å². The van der Waals surface area contributed by atoms with Crippen LogP contribution in [0.1, 0.15) is 10.5 Å². The fourth-order valence-electron chi connectivity index (χ4n) is 2.06. The van der Waals surface area contributed by atoms with Gasteiger partial charge in [-0.2, -0.15) is 5.10 Å². The molecule has 3 aromatic rings. The van der Waals surface area contributed by atoms with Crippen LogP contribution in [0.5, 0.6) is 0 Å². The molecule has 0 bridgehead atoms. The van der Waals surface area contributed by atoms with Crippen LogP contribution >= 0.6 is 0 Å². The van der Waals surface area contributed by atoms with Crippen LogP contribution in [0.4, 0.5) is 0 Å². The quantitative estimate of drug-likeness (QED) is 0.762.